The number of rotatable bonds is 2. The predicted molar refractivity (Wildman–Crippen MR) is 76.2 cm³/mol. The van der Waals surface area contributed by atoms with Crippen LogP contribution in [0, 0.1) is 5.92 Å². The molecule has 2 unspecified atom stereocenters. The van der Waals surface area contributed by atoms with Crippen LogP contribution in [-0.4, -0.2) is 36.5 Å². The average Bonchev–Trinajstić information content (AvgIpc) is 2.48. The lowest BCUT2D eigenvalue weighted by Gasteiger charge is -2.39. The molecule has 3 nitrogen and oxygen atoms in total. The predicted octanol–water partition coefficient (Wildman–Crippen LogP) is 2.07. The molecular formula is C16H22N2O. The van der Waals surface area contributed by atoms with Gasteiger partial charge >= 0.3 is 0 Å². The van der Waals surface area contributed by atoms with Crippen LogP contribution in [-0.2, 0) is 6.42 Å². The van der Waals surface area contributed by atoms with E-state index in [2.05, 4.69) is 23.2 Å². The summed E-state index contributed by atoms with van der Waals surface area (Å²) in [5.41, 5.74) is 2.11. The zero-order chi connectivity index (χ0) is 13.2. The molecule has 2 heterocycles. The van der Waals surface area contributed by atoms with E-state index >= 15 is 0 Å². The summed E-state index contributed by atoms with van der Waals surface area (Å²) in [4.78, 5) is 14.7. The zero-order valence-electron chi connectivity index (χ0n) is 11.6. The third-order valence-electron chi connectivity index (χ3n) is 4.64. The lowest BCUT2D eigenvalue weighted by atomic mass is 9.89. The van der Waals surface area contributed by atoms with Crippen LogP contribution in [0.3, 0.4) is 0 Å². The molecule has 1 saturated heterocycles. The molecule has 1 N–H and O–H groups in total. The SMILES string of the molecule is CC(C1CCCNC1)N1CCc2ccccc2C1=O. The van der Waals surface area contributed by atoms with E-state index in [9.17, 15) is 4.79 Å². The van der Waals surface area contributed by atoms with E-state index in [1.54, 1.807) is 0 Å². The second-order valence-corrected chi connectivity index (χ2v) is 5.75. The van der Waals surface area contributed by atoms with Gasteiger partial charge in [0.2, 0.25) is 0 Å². The fourth-order valence-electron chi connectivity index (χ4n) is 3.38. The van der Waals surface area contributed by atoms with Crippen molar-refractivity contribution in [2.75, 3.05) is 19.6 Å². The minimum absolute atomic E-state index is 0.222. The van der Waals surface area contributed by atoms with Crippen molar-refractivity contribution in [2.24, 2.45) is 5.92 Å². The van der Waals surface area contributed by atoms with Gasteiger partial charge < -0.3 is 10.2 Å². The Morgan fingerprint density at radius 3 is 3.00 bits per heavy atom. The highest BCUT2D eigenvalue weighted by atomic mass is 16.2. The molecule has 3 rings (SSSR count). The Hall–Kier alpha value is -1.35. The third kappa shape index (κ3) is 2.39. The molecule has 3 heteroatoms. The van der Waals surface area contributed by atoms with Crippen LogP contribution in [0.1, 0.15) is 35.7 Å². The van der Waals surface area contributed by atoms with Gasteiger partial charge in [-0.15, -0.1) is 0 Å². The first-order chi connectivity index (χ1) is 9.27. The normalized spacial score (nSPS) is 25.0. The highest BCUT2D eigenvalue weighted by Gasteiger charge is 2.32. The molecule has 1 aromatic rings. The Balaban J connectivity index is 1.77. The Morgan fingerprint density at radius 1 is 1.37 bits per heavy atom. The van der Waals surface area contributed by atoms with Crippen LogP contribution in [0.25, 0.3) is 0 Å². The summed E-state index contributed by atoms with van der Waals surface area (Å²) in [5.74, 6) is 0.822. The van der Waals surface area contributed by atoms with Gasteiger partial charge in [0.25, 0.3) is 5.91 Å². The van der Waals surface area contributed by atoms with Crippen molar-refractivity contribution in [3.63, 3.8) is 0 Å². The molecule has 0 spiro atoms. The number of nitrogens with zero attached hydrogens (tertiary/aromatic N) is 1. The molecule has 0 radical (unpaired) electrons. The minimum atomic E-state index is 0.222. The summed E-state index contributed by atoms with van der Waals surface area (Å²) >= 11 is 0. The van der Waals surface area contributed by atoms with Crippen molar-refractivity contribution >= 4 is 5.91 Å². The second kappa shape index (κ2) is 5.33. The quantitative estimate of drug-likeness (QED) is 0.881. The van der Waals surface area contributed by atoms with E-state index in [1.807, 2.05) is 18.2 Å². The monoisotopic (exact) mass is 258 g/mol. The van der Waals surface area contributed by atoms with Gasteiger partial charge in [-0.3, -0.25) is 4.79 Å². The molecule has 1 fully saturated rings. The Morgan fingerprint density at radius 2 is 2.21 bits per heavy atom. The van der Waals surface area contributed by atoms with Crippen LogP contribution in [0.5, 0.6) is 0 Å². The maximum absolute atomic E-state index is 12.6. The molecule has 0 bridgehead atoms. The second-order valence-electron chi connectivity index (χ2n) is 5.75. The van der Waals surface area contributed by atoms with Gasteiger partial charge in [0.05, 0.1) is 0 Å². The van der Waals surface area contributed by atoms with Crippen LogP contribution < -0.4 is 5.32 Å². The molecule has 1 aromatic carbocycles. The number of carbonyl (C=O) groups is 1. The molecule has 2 atom stereocenters. The molecule has 0 aromatic heterocycles. The largest absolute Gasteiger partial charge is 0.335 e. The lowest BCUT2D eigenvalue weighted by molar-refractivity contribution is 0.0589. The van der Waals surface area contributed by atoms with Crippen molar-refractivity contribution < 1.29 is 4.79 Å². The smallest absolute Gasteiger partial charge is 0.254 e. The van der Waals surface area contributed by atoms with Crippen LogP contribution in [0.4, 0.5) is 0 Å². The van der Waals surface area contributed by atoms with E-state index < -0.39 is 0 Å². The first-order valence-corrected chi connectivity index (χ1v) is 7.37. The standard InChI is InChI=1S/C16H22N2O/c1-12(14-6-4-9-17-11-14)18-10-8-13-5-2-3-7-15(13)16(18)19/h2-3,5,7,12,14,17H,4,6,8-11H2,1H3. The molecule has 2 aliphatic heterocycles. The minimum Gasteiger partial charge on any atom is -0.335 e. The Bertz CT molecular complexity index is 466. The van der Waals surface area contributed by atoms with Crippen LogP contribution >= 0.6 is 0 Å². The number of hydrogen-bond acceptors (Lipinski definition) is 2. The van der Waals surface area contributed by atoms with Gasteiger partial charge in [-0.1, -0.05) is 18.2 Å². The van der Waals surface area contributed by atoms with E-state index in [0.29, 0.717) is 12.0 Å². The highest BCUT2D eigenvalue weighted by Crippen LogP contribution is 2.25. The fraction of sp³-hybridized carbons (Fsp3) is 0.562. The van der Waals surface area contributed by atoms with Crippen molar-refractivity contribution in [1.29, 1.82) is 0 Å². The molecule has 0 aliphatic carbocycles. The lowest BCUT2D eigenvalue weighted by Crippen LogP contribution is -2.49. The number of fused-ring (bicyclic) bond motifs is 1. The number of carbonyl (C=O) groups excluding carboxylic acids is 1. The molecular weight excluding hydrogens is 236 g/mol. The van der Waals surface area contributed by atoms with Gasteiger partial charge in [-0.25, -0.2) is 0 Å². The molecule has 1 amide bonds. The number of amides is 1. The van der Waals surface area contributed by atoms with Gasteiger partial charge in [0.1, 0.15) is 0 Å². The molecule has 0 saturated carbocycles. The summed E-state index contributed by atoms with van der Waals surface area (Å²) in [6.45, 7) is 5.25. The zero-order valence-corrected chi connectivity index (χ0v) is 11.6. The number of hydrogen-bond donors (Lipinski definition) is 1. The summed E-state index contributed by atoms with van der Waals surface area (Å²) in [5, 5.41) is 3.45. The molecule has 102 valence electrons. The van der Waals surface area contributed by atoms with Gasteiger partial charge in [0, 0.05) is 18.2 Å². The summed E-state index contributed by atoms with van der Waals surface area (Å²) < 4.78 is 0. The Kier molecular flexibility index (Phi) is 3.56. The van der Waals surface area contributed by atoms with E-state index in [-0.39, 0.29) is 5.91 Å². The number of benzene rings is 1. The van der Waals surface area contributed by atoms with Crippen molar-refractivity contribution in [1.82, 2.24) is 10.2 Å². The van der Waals surface area contributed by atoms with E-state index in [4.69, 9.17) is 0 Å². The average molecular weight is 258 g/mol. The summed E-state index contributed by atoms with van der Waals surface area (Å²) in [6, 6.07) is 8.38. The topological polar surface area (TPSA) is 32.3 Å². The summed E-state index contributed by atoms with van der Waals surface area (Å²) in [6.07, 6.45) is 3.46. The maximum Gasteiger partial charge on any atom is 0.254 e. The van der Waals surface area contributed by atoms with Gasteiger partial charge in [-0.2, -0.15) is 0 Å². The fourth-order valence-corrected chi connectivity index (χ4v) is 3.38. The molecule has 19 heavy (non-hydrogen) atoms. The maximum atomic E-state index is 12.6. The first-order valence-electron chi connectivity index (χ1n) is 7.37. The molecule has 2 aliphatic rings. The summed E-state index contributed by atoms with van der Waals surface area (Å²) in [7, 11) is 0. The highest BCUT2D eigenvalue weighted by molar-refractivity contribution is 5.96. The van der Waals surface area contributed by atoms with Crippen LogP contribution in [0.2, 0.25) is 0 Å². The van der Waals surface area contributed by atoms with E-state index in [1.165, 1.54) is 18.4 Å². The third-order valence-corrected chi connectivity index (χ3v) is 4.64. The number of piperidine rings is 1. The van der Waals surface area contributed by atoms with Crippen molar-refractivity contribution in [2.45, 2.75) is 32.2 Å². The van der Waals surface area contributed by atoms with Crippen LogP contribution in [0.15, 0.2) is 24.3 Å². The first kappa shape index (κ1) is 12.7. The van der Waals surface area contributed by atoms with Gasteiger partial charge in [-0.05, 0) is 56.8 Å². The van der Waals surface area contributed by atoms with E-state index in [0.717, 1.165) is 31.6 Å². The Labute approximate surface area is 115 Å². The number of nitrogens with one attached hydrogen (secondary N) is 1. The van der Waals surface area contributed by atoms with Gasteiger partial charge in [0.15, 0.2) is 0 Å². The van der Waals surface area contributed by atoms with Crippen molar-refractivity contribution in [3.8, 4) is 0 Å². The van der Waals surface area contributed by atoms with Crippen molar-refractivity contribution in [3.05, 3.63) is 35.4 Å².